The maximum atomic E-state index is 11.5. The Labute approximate surface area is 82.6 Å². The lowest BCUT2D eigenvalue weighted by molar-refractivity contribution is 0.112. The van der Waals surface area contributed by atoms with E-state index in [0.29, 0.717) is 18.5 Å². The number of rotatable bonds is 4. The van der Waals surface area contributed by atoms with Gasteiger partial charge in [0.15, 0.2) is 6.29 Å². The quantitative estimate of drug-likeness (QED) is 0.676. The summed E-state index contributed by atoms with van der Waals surface area (Å²) in [5, 5.41) is 4.06. The van der Waals surface area contributed by atoms with Crippen LogP contribution in [0.2, 0.25) is 0 Å². The Balaban J connectivity index is 3.09. The minimum Gasteiger partial charge on any atom is -0.298 e. The second-order valence-electron chi connectivity index (χ2n) is 3.24. The molecule has 1 aromatic rings. The summed E-state index contributed by atoms with van der Waals surface area (Å²) in [5.41, 5.74) is 0.593. The van der Waals surface area contributed by atoms with Gasteiger partial charge in [0, 0.05) is 6.54 Å². The van der Waals surface area contributed by atoms with E-state index < -0.39 is 0 Å². The van der Waals surface area contributed by atoms with Gasteiger partial charge in [0.1, 0.15) is 0 Å². The minimum atomic E-state index is -0.293. The van der Waals surface area contributed by atoms with E-state index in [1.165, 1.54) is 10.7 Å². The molecule has 0 atom stereocenters. The number of carbonyl (C=O) groups is 1. The molecule has 0 fully saturated rings. The average molecular weight is 194 g/mol. The average Bonchev–Trinajstić information content (AvgIpc) is 2.18. The summed E-state index contributed by atoms with van der Waals surface area (Å²) in [6.07, 6.45) is 2.48. The third-order valence-corrected chi connectivity index (χ3v) is 1.97. The Morgan fingerprint density at radius 1 is 1.57 bits per heavy atom. The molecule has 14 heavy (non-hydrogen) atoms. The van der Waals surface area contributed by atoms with E-state index in [9.17, 15) is 9.59 Å². The molecule has 0 unspecified atom stereocenters. The van der Waals surface area contributed by atoms with E-state index in [0.717, 1.165) is 12.8 Å². The van der Waals surface area contributed by atoms with Gasteiger partial charge in [0.2, 0.25) is 0 Å². The van der Waals surface area contributed by atoms with Crippen LogP contribution in [-0.2, 0) is 6.54 Å². The molecule has 1 rings (SSSR count). The molecule has 4 nitrogen and oxygen atoms in total. The second-order valence-corrected chi connectivity index (χ2v) is 3.24. The predicted octanol–water partition coefficient (Wildman–Crippen LogP) is 1.16. The first kappa shape index (κ1) is 10.6. The van der Waals surface area contributed by atoms with E-state index in [1.807, 2.05) is 6.92 Å². The van der Waals surface area contributed by atoms with Crippen LogP contribution in [-0.4, -0.2) is 16.1 Å². The topological polar surface area (TPSA) is 52.0 Å². The summed E-state index contributed by atoms with van der Waals surface area (Å²) in [7, 11) is 0. The highest BCUT2D eigenvalue weighted by Gasteiger charge is 2.04. The predicted molar refractivity (Wildman–Crippen MR) is 53.5 cm³/mol. The summed E-state index contributed by atoms with van der Waals surface area (Å²) in [5.74, 6) is 0. The molecular formula is C10H14N2O2. The number of hydrogen-bond acceptors (Lipinski definition) is 3. The molecule has 0 saturated heterocycles. The zero-order chi connectivity index (χ0) is 10.6. The van der Waals surface area contributed by atoms with Gasteiger partial charge in [-0.1, -0.05) is 13.3 Å². The third kappa shape index (κ3) is 2.28. The maximum Gasteiger partial charge on any atom is 0.277 e. The number of aromatic nitrogens is 2. The SMILES string of the molecule is CCCCn1nc(C)cc(C=O)c1=O. The minimum absolute atomic E-state index is 0.189. The van der Waals surface area contributed by atoms with E-state index in [4.69, 9.17) is 0 Å². The first-order chi connectivity index (χ1) is 6.69. The van der Waals surface area contributed by atoms with Crippen LogP contribution < -0.4 is 5.56 Å². The van der Waals surface area contributed by atoms with Crippen LogP contribution in [0.3, 0.4) is 0 Å². The summed E-state index contributed by atoms with van der Waals surface area (Å²) in [6, 6.07) is 1.51. The molecule has 1 aromatic heterocycles. The van der Waals surface area contributed by atoms with Crippen LogP contribution in [0.1, 0.15) is 35.8 Å². The normalized spacial score (nSPS) is 10.1. The fraction of sp³-hybridized carbons (Fsp3) is 0.500. The zero-order valence-corrected chi connectivity index (χ0v) is 8.49. The summed E-state index contributed by atoms with van der Waals surface area (Å²) >= 11 is 0. The van der Waals surface area contributed by atoms with Crippen LogP contribution in [0, 0.1) is 6.92 Å². The largest absolute Gasteiger partial charge is 0.298 e. The van der Waals surface area contributed by atoms with Gasteiger partial charge in [-0.25, -0.2) is 4.68 Å². The fourth-order valence-electron chi connectivity index (χ4n) is 1.24. The number of nitrogens with zero attached hydrogens (tertiary/aromatic N) is 2. The number of unbranched alkanes of at least 4 members (excludes halogenated alkanes) is 1. The van der Waals surface area contributed by atoms with Crippen molar-refractivity contribution >= 4 is 6.29 Å². The molecule has 0 saturated carbocycles. The molecule has 4 heteroatoms. The molecule has 0 aliphatic heterocycles. The van der Waals surface area contributed by atoms with Crippen molar-refractivity contribution in [3.05, 3.63) is 27.7 Å². The Hall–Kier alpha value is -1.45. The van der Waals surface area contributed by atoms with Crippen LogP contribution in [0.4, 0.5) is 0 Å². The van der Waals surface area contributed by atoms with Crippen LogP contribution in [0.5, 0.6) is 0 Å². The molecule has 0 N–H and O–H groups in total. The van der Waals surface area contributed by atoms with E-state index >= 15 is 0 Å². The van der Waals surface area contributed by atoms with Crippen molar-refractivity contribution in [2.75, 3.05) is 0 Å². The Bertz CT molecular complexity index is 382. The first-order valence-corrected chi connectivity index (χ1v) is 4.73. The van der Waals surface area contributed by atoms with Gasteiger partial charge in [-0.2, -0.15) is 5.10 Å². The van der Waals surface area contributed by atoms with Crippen molar-refractivity contribution in [1.29, 1.82) is 0 Å². The van der Waals surface area contributed by atoms with Crippen molar-refractivity contribution in [2.24, 2.45) is 0 Å². The van der Waals surface area contributed by atoms with Gasteiger partial charge in [0.25, 0.3) is 5.56 Å². The zero-order valence-electron chi connectivity index (χ0n) is 8.49. The summed E-state index contributed by atoms with van der Waals surface area (Å²) < 4.78 is 1.36. The highest BCUT2D eigenvalue weighted by molar-refractivity contribution is 5.73. The highest BCUT2D eigenvalue weighted by Crippen LogP contribution is 1.95. The fourth-order valence-corrected chi connectivity index (χ4v) is 1.24. The van der Waals surface area contributed by atoms with Gasteiger partial charge in [0.05, 0.1) is 11.3 Å². The molecule has 0 spiro atoms. The lowest BCUT2D eigenvalue weighted by Crippen LogP contribution is -2.26. The van der Waals surface area contributed by atoms with Crippen molar-refractivity contribution in [3.63, 3.8) is 0 Å². The van der Waals surface area contributed by atoms with Crippen LogP contribution in [0.15, 0.2) is 10.9 Å². The molecule has 0 radical (unpaired) electrons. The van der Waals surface area contributed by atoms with Crippen molar-refractivity contribution < 1.29 is 4.79 Å². The van der Waals surface area contributed by atoms with Gasteiger partial charge in [-0.15, -0.1) is 0 Å². The third-order valence-electron chi connectivity index (χ3n) is 1.97. The lowest BCUT2D eigenvalue weighted by Gasteiger charge is -2.04. The number of carbonyl (C=O) groups excluding carboxylic acids is 1. The number of hydrogen-bond donors (Lipinski definition) is 0. The van der Waals surface area contributed by atoms with Crippen LogP contribution in [0.25, 0.3) is 0 Å². The molecule has 0 aliphatic rings. The molecule has 76 valence electrons. The number of aldehydes is 1. The highest BCUT2D eigenvalue weighted by atomic mass is 16.1. The maximum absolute atomic E-state index is 11.5. The van der Waals surface area contributed by atoms with Crippen LogP contribution >= 0.6 is 0 Å². The van der Waals surface area contributed by atoms with E-state index in [2.05, 4.69) is 5.10 Å². The molecule has 0 aliphatic carbocycles. The van der Waals surface area contributed by atoms with Gasteiger partial charge < -0.3 is 0 Å². The Kier molecular flexibility index (Phi) is 3.56. The van der Waals surface area contributed by atoms with Crippen molar-refractivity contribution in [2.45, 2.75) is 33.2 Å². The smallest absolute Gasteiger partial charge is 0.277 e. The van der Waals surface area contributed by atoms with Gasteiger partial charge in [-0.05, 0) is 19.4 Å². The van der Waals surface area contributed by atoms with E-state index in [1.54, 1.807) is 6.92 Å². The molecule has 0 amide bonds. The molecular weight excluding hydrogens is 180 g/mol. The van der Waals surface area contributed by atoms with Gasteiger partial charge >= 0.3 is 0 Å². The summed E-state index contributed by atoms with van der Waals surface area (Å²) in [4.78, 5) is 22.1. The van der Waals surface area contributed by atoms with Gasteiger partial charge in [-0.3, -0.25) is 9.59 Å². The lowest BCUT2D eigenvalue weighted by atomic mass is 10.3. The standard InChI is InChI=1S/C10H14N2O2/c1-3-4-5-12-10(14)9(7-13)6-8(2)11-12/h6-7H,3-5H2,1-2H3. The molecule has 0 bridgehead atoms. The Morgan fingerprint density at radius 2 is 2.29 bits per heavy atom. The number of aryl methyl sites for hydroxylation is 2. The first-order valence-electron chi connectivity index (χ1n) is 4.73. The van der Waals surface area contributed by atoms with Crippen molar-refractivity contribution in [3.8, 4) is 0 Å². The van der Waals surface area contributed by atoms with E-state index in [-0.39, 0.29) is 11.1 Å². The van der Waals surface area contributed by atoms with Crippen molar-refractivity contribution in [1.82, 2.24) is 9.78 Å². The summed E-state index contributed by atoms with van der Waals surface area (Å²) in [6.45, 7) is 4.40. The second kappa shape index (κ2) is 4.69. The Morgan fingerprint density at radius 3 is 2.86 bits per heavy atom. The monoisotopic (exact) mass is 194 g/mol. The molecule has 1 heterocycles. The molecule has 0 aromatic carbocycles.